The van der Waals surface area contributed by atoms with Gasteiger partial charge < -0.3 is 4.98 Å². The highest BCUT2D eigenvalue weighted by molar-refractivity contribution is 5.80. The van der Waals surface area contributed by atoms with Crippen molar-refractivity contribution in [1.29, 1.82) is 0 Å². The molecule has 2 N–H and O–H groups in total. The van der Waals surface area contributed by atoms with E-state index >= 15 is 0 Å². The summed E-state index contributed by atoms with van der Waals surface area (Å²) in [4.78, 5) is 10.1. The molecular weight excluding hydrogens is 353 g/mol. The molecule has 3 aromatic heterocycles. The lowest BCUT2D eigenvalue weighted by atomic mass is 9.89. The molecule has 4 aromatic rings. The van der Waals surface area contributed by atoms with Crippen LogP contribution in [-0.4, -0.2) is 38.2 Å². The van der Waals surface area contributed by atoms with Crippen molar-refractivity contribution in [2.75, 3.05) is 13.1 Å². The fourth-order valence-electron chi connectivity index (χ4n) is 4.29. The van der Waals surface area contributed by atoms with Crippen LogP contribution in [-0.2, 0) is 6.54 Å². The summed E-state index contributed by atoms with van der Waals surface area (Å²) in [5.41, 5.74) is 4.74. The first-order chi connectivity index (χ1) is 13.8. The van der Waals surface area contributed by atoms with Gasteiger partial charge >= 0.3 is 0 Å². The third-order valence-electron chi connectivity index (χ3n) is 5.77. The Labute approximate surface area is 162 Å². The second-order valence-corrected chi connectivity index (χ2v) is 7.44. The number of halogens is 1. The maximum atomic E-state index is 14.2. The van der Waals surface area contributed by atoms with Gasteiger partial charge in [0.1, 0.15) is 11.5 Å². The predicted octanol–water partition coefficient (Wildman–Crippen LogP) is 4.47. The van der Waals surface area contributed by atoms with E-state index in [1.165, 1.54) is 17.0 Å². The largest absolute Gasteiger partial charge is 0.346 e. The van der Waals surface area contributed by atoms with Crippen LogP contribution in [0.15, 0.2) is 55.0 Å². The number of piperidine rings is 1. The highest BCUT2D eigenvalue weighted by Gasteiger charge is 2.24. The molecule has 4 heterocycles. The summed E-state index contributed by atoms with van der Waals surface area (Å²) in [7, 11) is 0. The van der Waals surface area contributed by atoms with Gasteiger partial charge in [0.05, 0.1) is 11.9 Å². The molecule has 6 heteroatoms. The van der Waals surface area contributed by atoms with Crippen molar-refractivity contribution in [2.45, 2.75) is 25.3 Å². The smallest absolute Gasteiger partial charge is 0.137 e. The molecule has 142 valence electrons. The fraction of sp³-hybridized carbons (Fsp3) is 0.273. The van der Waals surface area contributed by atoms with Crippen LogP contribution >= 0.6 is 0 Å². The summed E-state index contributed by atoms with van der Waals surface area (Å²) >= 11 is 0. The van der Waals surface area contributed by atoms with Crippen molar-refractivity contribution in [3.05, 3.63) is 71.9 Å². The van der Waals surface area contributed by atoms with E-state index in [9.17, 15) is 4.39 Å². The van der Waals surface area contributed by atoms with Gasteiger partial charge in [0.15, 0.2) is 0 Å². The Morgan fingerprint density at radius 2 is 1.96 bits per heavy atom. The Morgan fingerprint density at radius 3 is 2.82 bits per heavy atom. The van der Waals surface area contributed by atoms with E-state index in [2.05, 4.69) is 37.3 Å². The van der Waals surface area contributed by atoms with Gasteiger partial charge in [-0.2, -0.15) is 5.10 Å². The number of benzene rings is 1. The van der Waals surface area contributed by atoms with Crippen LogP contribution in [0.5, 0.6) is 0 Å². The molecule has 0 unspecified atom stereocenters. The van der Waals surface area contributed by atoms with Crippen LogP contribution in [0, 0.1) is 5.82 Å². The molecule has 0 spiro atoms. The molecule has 28 heavy (non-hydrogen) atoms. The van der Waals surface area contributed by atoms with Gasteiger partial charge in [0.2, 0.25) is 0 Å². The third kappa shape index (κ3) is 3.10. The standard InChI is InChI=1S/C22H22FN5/c23-20-6-2-1-4-18(20)21-16(12-26-27-21)14-28-10-7-15(8-11-28)19-13-25-22-17(19)5-3-9-24-22/h1-6,9,12-13,15H,7-8,10-11,14H2,(H,24,25)(H,26,27). The molecule has 1 aliphatic heterocycles. The fourth-order valence-corrected chi connectivity index (χ4v) is 4.29. The van der Waals surface area contributed by atoms with Crippen LogP contribution in [0.2, 0.25) is 0 Å². The average molecular weight is 375 g/mol. The maximum absolute atomic E-state index is 14.2. The second kappa shape index (κ2) is 7.20. The monoisotopic (exact) mass is 375 g/mol. The van der Waals surface area contributed by atoms with E-state index in [1.54, 1.807) is 12.1 Å². The Balaban J connectivity index is 1.29. The average Bonchev–Trinajstić information content (AvgIpc) is 3.36. The zero-order chi connectivity index (χ0) is 18.9. The summed E-state index contributed by atoms with van der Waals surface area (Å²) in [6, 6.07) is 11.0. The van der Waals surface area contributed by atoms with Crippen LogP contribution in [0.1, 0.15) is 29.9 Å². The van der Waals surface area contributed by atoms with E-state index in [4.69, 9.17) is 0 Å². The molecule has 0 aliphatic carbocycles. The van der Waals surface area contributed by atoms with Gasteiger partial charge in [-0.3, -0.25) is 10.00 Å². The highest BCUT2D eigenvalue weighted by Crippen LogP contribution is 2.33. The highest BCUT2D eigenvalue weighted by atomic mass is 19.1. The number of aromatic nitrogens is 4. The molecule has 5 nitrogen and oxygen atoms in total. The summed E-state index contributed by atoms with van der Waals surface area (Å²) in [6.45, 7) is 2.81. The molecule has 1 saturated heterocycles. The van der Waals surface area contributed by atoms with Crippen molar-refractivity contribution < 1.29 is 4.39 Å². The molecule has 1 aromatic carbocycles. The molecule has 0 amide bonds. The van der Waals surface area contributed by atoms with E-state index in [1.807, 2.05) is 24.5 Å². The van der Waals surface area contributed by atoms with Crippen molar-refractivity contribution in [2.24, 2.45) is 0 Å². The Kier molecular flexibility index (Phi) is 4.41. The normalized spacial score (nSPS) is 16.0. The van der Waals surface area contributed by atoms with Gasteiger partial charge in [-0.1, -0.05) is 12.1 Å². The van der Waals surface area contributed by atoms with E-state index in [-0.39, 0.29) is 5.82 Å². The number of nitrogens with one attached hydrogen (secondary N) is 2. The number of aromatic amines is 2. The van der Waals surface area contributed by atoms with Gasteiger partial charge in [0.25, 0.3) is 0 Å². The first-order valence-corrected chi connectivity index (χ1v) is 9.71. The molecule has 1 fully saturated rings. The van der Waals surface area contributed by atoms with E-state index < -0.39 is 0 Å². The number of H-pyrrole nitrogens is 2. The third-order valence-corrected chi connectivity index (χ3v) is 5.77. The number of hydrogen-bond donors (Lipinski definition) is 2. The molecule has 0 saturated carbocycles. The number of nitrogens with zero attached hydrogens (tertiary/aromatic N) is 3. The summed E-state index contributed by atoms with van der Waals surface area (Å²) in [5, 5.41) is 8.38. The number of pyridine rings is 1. The van der Waals surface area contributed by atoms with Crippen LogP contribution < -0.4 is 0 Å². The molecule has 0 atom stereocenters. The maximum Gasteiger partial charge on any atom is 0.137 e. The molecular formula is C22H22FN5. The van der Waals surface area contributed by atoms with Crippen molar-refractivity contribution in [3.63, 3.8) is 0 Å². The van der Waals surface area contributed by atoms with Crippen LogP contribution in [0.4, 0.5) is 4.39 Å². The molecule has 0 radical (unpaired) electrons. The van der Waals surface area contributed by atoms with Gasteiger partial charge in [-0.15, -0.1) is 0 Å². The Hall–Kier alpha value is -2.99. The lowest BCUT2D eigenvalue weighted by molar-refractivity contribution is 0.205. The molecule has 0 bridgehead atoms. The number of hydrogen-bond acceptors (Lipinski definition) is 3. The van der Waals surface area contributed by atoms with Gasteiger partial charge in [-0.05, 0) is 61.7 Å². The first kappa shape index (κ1) is 17.1. The molecule has 1 aliphatic rings. The van der Waals surface area contributed by atoms with Crippen molar-refractivity contribution in [1.82, 2.24) is 25.1 Å². The zero-order valence-corrected chi connectivity index (χ0v) is 15.5. The molecule has 5 rings (SSSR count). The predicted molar refractivity (Wildman–Crippen MR) is 107 cm³/mol. The number of rotatable bonds is 4. The lowest BCUT2D eigenvalue weighted by Gasteiger charge is -2.31. The topological polar surface area (TPSA) is 60.6 Å². The number of fused-ring (bicyclic) bond motifs is 1. The van der Waals surface area contributed by atoms with Gasteiger partial charge in [-0.25, -0.2) is 9.37 Å². The minimum absolute atomic E-state index is 0.223. The Morgan fingerprint density at radius 1 is 1.11 bits per heavy atom. The minimum atomic E-state index is -0.223. The summed E-state index contributed by atoms with van der Waals surface area (Å²) in [6.07, 6.45) is 7.97. The van der Waals surface area contributed by atoms with Crippen LogP contribution in [0.25, 0.3) is 22.3 Å². The van der Waals surface area contributed by atoms with Gasteiger partial charge in [0, 0.05) is 35.5 Å². The Bertz CT molecular complexity index is 1090. The van der Waals surface area contributed by atoms with Crippen molar-refractivity contribution in [3.8, 4) is 11.3 Å². The SMILES string of the molecule is Fc1ccccc1-c1[nH]ncc1CN1CCC(c2c[nH]c3ncccc23)CC1. The van der Waals surface area contributed by atoms with E-state index in [0.717, 1.165) is 49.4 Å². The lowest BCUT2D eigenvalue weighted by Crippen LogP contribution is -2.32. The quantitative estimate of drug-likeness (QED) is 0.553. The second-order valence-electron chi connectivity index (χ2n) is 7.44. The first-order valence-electron chi connectivity index (χ1n) is 9.71. The minimum Gasteiger partial charge on any atom is -0.346 e. The number of likely N-dealkylation sites (tertiary alicyclic amines) is 1. The summed E-state index contributed by atoms with van der Waals surface area (Å²) < 4.78 is 14.2. The zero-order valence-electron chi connectivity index (χ0n) is 15.5. The van der Waals surface area contributed by atoms with Crippen LogP contribution in [0.3, 0.4) is 0 Å². The van der Waals surface area contributed by atoms with E-state index in [0.29, 0.717) is 11.5 Å². The van der Waals surface area contributed by atoms with Crippen molar-refractivity contribution >= 4 is 11.0 Å². The summed E-state index contributed by atoms with van der Waals surface area (Å²) in [5.74, 6) is 0.323.